The van der Waals surface area contributed by atoms with Crippen molar-refractivity contribution in [2.45, 2.75) is 54.4 Å². The van der Waals surface area contributed by atoms with Gasteiger partial charge in [0.05, 0.1) is 5.69 Å². The molecule has 0 bridgehead atoms. The Kier molecular flexibility index (Phi) is 7.26. The molecule has 0 fully saturated rings. The summed E-state index contributed by atoms with van der Waals surface area (Å²) in [6.07, 6.45) is 2.18. The minimum Gasteiger partial charge on any atom is -0.253 e. The maximum atomic E-state index is 4.60. The number of aromatic nitrogens is 1. The summed E-state index contributed by atoms with van der Waals surface area (Å²) in [6.45, 7) is 20.1. The fourth-order valence-electron chi connectivity index (χ4n) is 1.76. The summed E-state index contributed by atoms with van der Waals surface area (Å²) < 4.78 is 0. The summed E-state index contributed by atoms with van der Waals surface area (Å²) in [5.74, 6) is 0. The number of pyridine rings is 1. The van der Waals surface area contributed by atoms with Crippen molar-refractivity contribution in [3.63, 3.8) is 0 Å². The molecule has 1 aromatic rings. The lowest BCUT2D eigenvalue weighted by Gasteiger charge is -2.01. The molecule has 0 saturated heterocycles. The molecule has 0 amide bonds. The highest BCUT2D eigenvalue weighted by Crippen LogP contribution is 2.44. The highest BCUT2D eigenvalue weighted by atomic mass is 14.7. The molecule has 0 unspecified atom stereocenters. The Hall–Kier alpha value is -1.37. The van der Waals surface area contributed by atoms with Crippen molar-refractivity contribution in [1.82, 2.24) is 4.98 Å². The number of aryl methyl sites for hydroxylation is 1. The molecule has 1 aliphatic rings. The van der Waals surface area contributed by atoms with E-state index < -0.39 is 0 Å². The van der Waals surface area contributed by atoms with Gasteiger partial charge in [0.25, 0.3) is 0 Å². The van der Waals surface area contributed by atoms with E-state index in [4.69, 9.17) is 0 Å². The molecule has 0 N–H and O–H groups in total. The molecule has 0 aliphatic heterocycles. The second-order valence-electron chi connectivity index (χ2n) is 3.89. The van der Waals surface area contributed by atoms with Gasteiger partial charge < -0.3 is 0 Å². The number of hydrogen-bond acceptors (Lipinski definition) is 1. The number of nitrogens with zero attached hydrogens (tertiary/aromatic N) is 1. The Morgan fingerprint density at radius 1 is 1.22 bits per heavy atom. The van der Waals surface area contributed by atoms with Crippen molar-refractivity contribution in [2.24, 2.45) is 0 Å². The van der Waals surface area contributed by atoms with Crippen molar-refractivity contribution < 1.29 is 0 Å². The van der Waals surface area contributed by atoms with Crippen LogP contribution < -0.4 is 0 Å². The van der Waals surface area contributed by atoms with Crippen LogP contribution in [0.4, 0.5) is 0 Å². The smallest absolute Gasteiger partial charge is 0.0740 e. The number of allylic oxidation sites excluding steroid dienone is 1. The van der Waals surface area contributed by atoms with Gasteiger partial charge in [0.2, 0.25) is 0 Å². The van der Waals surface area contributed by atoms with Crippen LogP contribution in [-0.2, 0) is 6.42 Å². The third-order valence-corrected chi connectivity index (χ3v) is 2.55. The Morgan fingerprint density at radius 3 is 2.22 bits per heavy atom. The third kappa shape index (κ3) is 3.56. The quantitative estimate of drug-likeness (QED) is 0.696. The van der Waals surface area contributed by atoms with Crippen LogP contribution in [0.5, 0.6) is 0 Å². The van der Waals surface area contributed by atoms with Gasteiger partial charge in [0.15, 0.2) is 0 Å². The van der Waals surface area contributed by atoms with Crippen LogP contribution >= 0.6 is 0 Å². The summed E-state index contributed by atoms with van der Waals surface area (Å²) in [7, 11) is 0. The van der Waals surface area contributed by atoms with Crippen LogP contribution in [0.1, 0.15) is 70.5 Å². The Labute approximate surface area is 113 Å². The molecule has 1 heterocycles. The first-order chi connectivity index (χ1) is 8.65. The van der Waals surface area contributed by atoms with Crippen LogP contribution in [0.25, 0.3) is 11.1 Å². The first-order valence-corrected chi connectivity index (χ1v) is 7.04. The SMILES string of the molecule is C=C(C)c1nc(CCC)cc2c1C2=C.CC.CC. The molecule has 1 aromatic heterocycles. The maximum absolute atomic E-state index is 4.60. The normalized spacial score (nSPS) is 10.4. The van der Waals surface area contributed by atoms with E-state index in [2.05, 4.69) is 31.1 Å². The zero-order valence-corrected chi connectivity index (χ0v) is 12.9. The van der Waals surface area contributed by atoms with E-state index in [1.54, 1.807) is 0 Å². The van der Waals surface area contributed by atoms with E-state index in [9.17, 15) is 0 Å². The second-order valence-corrected chi connectivity index (χ2v) is 3.89. The predicted octanol–water partition coefficient (Wildman–Crippen LogP) is 5.49. The molecule has 1 heteroatoms. The van der Waals surface area contributed by atoms with Gasteiger partial charge in [0.1, 0.15) is 0 Å². The van der Waals surface area contributed by atoms with E-state index in [1.165, 1.54) is 16.8 Å². The van der Waals surface area contributed by atoms with Gasteiger partial charge in [-0.05, 0) is 36.1 Å². The van der Waals surface area contributed by atoms with Crippen molar-refractivity contribution in [3.8, 4) is 0 Å². The molecule has 0 aromatic carbocycles. The summed E-state index contributed by atoms with van der Waals surface area (Å²) in [5.41, 5.74) is 6.94. The summed E-state index contributed by atoms with van der Waals surface area (Å²) >= 11 is 0. The Balaban J connectivity index is 0.000000659. The molecule has 0 saturated carbocycles. The van der Waals surface area contributed by atoms with Crippen molar-refractivity contribution in [2.75, 3.05) is 0 Å². The van der Waals surface area contributed by atoms with E-state index in [0.29, 0.717) is 0 Å². The van der Waals surface area contributed by atoms with Gasteiger partial charge in [-0.1, -0.05) is 54.2 Å². The molecule has 1 nitrogen and oxygen atoms in total. The maximum Gasteiger partial charge on any atom is 0.0740 e. The molecule has 1 aliphatic carbocycles. The number of hydrogen-bond donors (Lipinski definition) is 0. The van der Waals surface area contributed by atoms with E-state index in [0.717, 1.165) is 29.7 Å². The lowest BCUT2D eigenvalue weighted by Crippen LogP contribution is -1.92. The standard InChI is InChI=1S/C13H15N.2C2H6/c1-5-6-10-7-11-9(4)12(11)13(14-10)8(2)3;2*1-2/h7H,2,4-6H2,1,3H3;2*1-2H3. The average Bonchev–Trinajstić information content (AvgIpc) is 3.05. The van der Waals surface area contributed by atoms with E-state index in [-0.39, 0.29) is 0 Å². The third-order valence-electron chi connectivity index (χ3n) is 2.55. The number of rotatable bonds is 3. The first-order valence-electron chi connectivity index (χ1n) is 7.04. The molecule has 100 valence electrons. The largest absolute Gasteiger partial charge is 0.253 e. The minimum absolute atomic E-state index is 1.04. The molecular formula is C17H27N. The highest BCUT2D eigenvalue weighted by molar-refractivity contribution is 6.03. The Morgan fingerprint density at radius 2 is 1.78 bits per heavy atom. The first kappa shape index (κ1) is 16.6. The van der Waals surface area contributed by atoms with Crippen LogP contribution in [-0.4, -0.2) is 4.98 Å². The summed E-state index contributed by atoms with van der Waals surface area (Å²) in [4.78, 5) is 4.60. The molecule has 2 rings (SSSR count). The molecule has 0 spiro atoms. The van der Waals surface area contributed by atoms with Crippen molar-refractivity contribution in [3.05, 3.63) is 41.7 Å². The van der Waals surface area contributed by atoms with Gasteiger partial charge in [-0.25, -0.2) is 0 Å². The topological polar surface area (TPSA) is 12.9 Å². The van der Waals surface area contributed by atoms with Crippen molar-refractivity contribution >= 4 is 11.1 Å². The Bertz CT molecular complexity index is 427. The van der Waals surface area contributed by atoms with Gasteiger partial charge >= 0.3 is 0 Å². The average molecular weight is 245 g/mol. The minimum atomic E-state index is 1.04. The summed E-state index contributed by atoms with van der Waals surface area (Å²) in [5, 5.41) is 0. The molecule has 0 radical (unpaired) electrons. The predicted molar refractivity (Wildman–Crippen MR) is 83.8 cm³/mol. The van der Waals surface area contributed by atoms with Gasteiger partial charge in [-0.3, -0.25) is 4.98 Å². The van der Waals surface area contributed by atoms with Gasteiger partial charge in [-0.2, -0.15) is 0 Å². The van der Waals surface area contributed by atoms with Crippen LogP contribution in [0.15, 0.2) is 19.2 Å². The lowest BCUT2D eigenvalue weighted by molar-refractivity contribution is 0.880. The number of fused-ring (bicyclic) bond motifs is 1. The highest BCUT2D eigenvalue weighted by Gasteiger charge is 2.28. The van der Waals surface area contributed by atoms with Crippen LogP contribution in [0.3, 0.4) is 0 Å². The zero-order chi connectivity index (χ0) is 14.3. The lowest BCUT2D eigenvalue weighted by atomic mass is 10.2. The van der Waals surface area contributed by atoms with Crippen molar-refractivity contribution in [1.29, 1.82) is 0 Å². The van der Waals surface area contributed by atoms with E-state index >= 15 is 0 Å². The fraction of sp³-hybridized carbons (Fsp3) is 0.471. The van der Waals surface area contributed by atoms with Crippen LogP contribution in [0.2, 0.25) is 0 Å². The molecular weight excluding hydrogens is 218 g/mol. The summed E-state index contributed by atoms with van der Waals surface area (Å²) in [6, 6.07) is 2.16. The van der Waals surface area contributed by atoms with E-state index in [1.807, 2.05) is 34.6 Å². The van der Waals surface area contributed by atoms with Gasteiger partial charge in [-0.15, -0.1) is 0 Å². The second kappa shape index (κ2) is 7.86. The monoisotopic (exact) mass is 245 g/mol. The molecule has 0 atom stereocenters. The molecule has 18 heavy (non-hydrogen) atoms. The van der Waals surface area contributed by atoms with Gasteiger partial charge in [0, 0.05) is 11.3 Å². The fourth-order valence-corrected chi connectivity index (χ4v) is 1.76. The zero-order valence-electron chi connectivity index (χ0n) is 12.9. The van der Waals surface area contributed by atoms with Crippen LogP contribution in [0, 0.1) is 0 Å².